The van der Waals surface area contributed by atoms with Crippen molar-refractivity contribution >= 4 is 0 Å². The van der Waals surface area contributed by atoms with E-state index in [1.54, 1.807) is 12.4 Å². The summed E-state index contributed by atoms with van der Waals surface area (Å²) in [6, 6.07) is 10.3. The summed E-state index contributed by atoms with van der Waals surface area (Å²) in [6.45, 7) is 7.03. The van der Waals surface area contributed by atoms with Gasteiger partial charge in [-0.1, -0.05) is 19.1 Å². The Morgan fingerprint density at radius 1 is 1.15 bits per heavy atom. The Morgan fingerprint density at radius 3 is 2.65 bits per heavy atom. The van der Waals surface area contributed by atoms with Crippen LogP contribution in [0, 0.1) is 0 Å². The Bertz CT molecular complexity index is 528. The highest BCUT2D eigenvalue weighted by atomic mass is 16.5. The van der Waals surface area contributed by atoms with Crippen molar-refractivity contribution in [3.8, 4) is 5.75 Å². The summed E-state index contributed by atoms with van der Waals surface area (Å²) < 4.78 is 5.76. The van der Waals surface area contributed by atoms with Crippen molar-refractivity contribution < 1.29 is 4.74 Å². The van der Waals surface area contributed by atoms with Crippen LogP contribution >= 0.6 is 0 Å². The number of nitrogens with zero attached hydrogens (tertiary/aromatic N) is 2. The molecule has 1 heterocycles. The maximum atomic E-state index is 5.76. The Balaban J connectivity index is 2.30. The zero-order chi connectivity index (χ0) is 14.4. The molecule has 0 bridgehead atoms. The molecule has 0 saturated heterocycles. The summed E-state index contributed by atoms with van der Waals surface area (Å²) in [5, 5.41) is 11.3. The van der Waals surface area contributed by atoms with E-state index in [1.807, 2.05) is 32.0 Å². The average Bonchev–Trinajstić information content (AvgIpc) is 2.45. The quantitative estimate of drug-likeness (QED) is 0.877. The molecule has 20 heavy (non-hydrogen) atoms. The van der Waals surface area contributed by atoms with E-state index in [2.05, 4.69) is 34.6 Å². The molecule has 0 aliphatic rings. The molecule has 4 heteroatoms. The third-order valence-corrected chi connectivity index (χ3v) is 2.91. The van der Waals surface area contributed by atoms with Crippen molar-refractivity contribution in [2.75, 3.05) is 6.54 Å². The normalized spacial score (nSPS) is 12.4. The number of nitrogens with one attached hydrogen (secondary N) is 1. The van der Waals surface area contributed by atoms with Crippen LogP contribution in [-0.4, -0.2) is 22.8 Å². The monoisotopic (exact) mass is 271 g/mol. The van der Waals surface area contributed by atoms with Crippen LogP contribution in [0.4, 0.5) is 0 Å². The maximum Gasteiger partial charge on any atom is 0.120 e. The lowest BCUT2D eigenvalue weighted by molar-refractivity contribution is 0.242. The predicted octanol–water partition coefficient (Wildman–Crippen LogP) is 2.96. The number of aromatic nitrogens is 2. The van der Waals surface area contributed by atoms with Gasteiger partial charge in [0.15, 0.2) is 0 Å². The van der Waals surface area contributed by atoms with Gasteiger partial charge in [-0.2, -0.15) is 10.2 Å². The molecule has 0 radical (unpaired) electrons. The maximum absolute atomic E-state index is 5.76. The summed E-state index contributed by atoms with van der Waals surface area (Å²) in [7, 11) is 0. The molecule has 0 amide bonds. The molecule has 0 saturated carbocycles. The lowest BCUT2D eigenvalue weighted by Gasteiger charge is -2.19. The van der Waals surface area contributed by atoms with Crippen LogP contribution in [0.15, 0.2) is 42.7 Å². The minimum atomic E-state index is 0.103. The van der Waals surface area contributed by atoms with Gasteiger partial charge >= 0.3 is 0 Å². The van der Waals surface area contributed by atoms with Crippen molar-refractivity contribution in [2.24, 2.45) is 0 Å². The van der Waals surface area contributed by atoms with Gasteiger partial charge in [0, 0.05) is 6.20 Å². The fourth-order valence-electron chi connectivity index (χ4n) is 2.14. The summed E-state index contributed by atoms with van der Waals surface area (Å²) >= 11 is 0. The molecule has 2 rings (SSSR count). The zero-order valence-electron chi connectivity index (χ0n) is 12.2. The zero-order valence-corrected chi connectivity index (χ0v) is 12.2. The largest absolute Gasteiger partial charge is 0.491 e. The van der Waals surface area contributed by atoms with Crippen molar-refractivity contribution in [1.82, 2.24) is 15.5 Å². The van der Waals surface area contributed by atoms with E-state index in [9.17, 15) is 0 Å². The minimum Gasteiger partial charge on any atom is -0.491 e. The fraction of sp³-hybridized carbons (Fsp3) is 0.375. The van der Waals surface area contributed by atoms with Crippen LogP contribution < -0.4 is 10.1 Å². The molecule has 2 aromatic rings. The highest BCUT2D eigenvalue weighted by Crippen LogP contribution is 2.25. The summed E-state index contributed by atoms with van der Waals surface area (Å²) in [5.41, 5.74) is 2.27. The second-order valence-electron chi connectivity index (χ2n) is 4.91. The third-order valence-electron chi connectivity index (χ3n) is 2.91. The van der Waals surface area contributed by atoms with Crippen LogP contribution in [-0.2, 0) is 0 Å². The molecular formula is C16H21N3O. The molecule has 1 aromatic heterocycles. The van der Waals surface area contributed by atoms with Crippen molar-refractivity contribution in [3.05, 3.63) is 53.9 Å². The fourth-order valence-corrected chi connectivity index (χ4v) is 2.14. The molecule has 4 nitrogen and oxygen atoms in total. The molecule has 0 aliphatic carbocycles. The Morgan fingerprint density at radius 2 is 2.00 bits per heavy atom. The molecule has 1 atom stereocenters. The van der Waals surface area contributed by atoms with Gasteiger partial charge in [0.1, 0.15) is 5.75 Å². The molecule has 0 spiro atoms. The molecule has 1 N–H and O–H groups in total. The van der Waals surface area contributed by atoms with Gasteiger partial charge in [0.25, 0.3) is 0 Å². The first kappa shape index (κ1) is 14.5. The van der Waals surface area contributed by atoms with E-state index in [-0.39, 0.29) is 12.1 Å². The smallest absolute Gasteiger partial charge is 0.120 e. The molecule has 106 valence electrons. The van der Waals surface area contributed by atoms with Crippen LogP contribution in [0.25, 0.3) is 0 Å². The van der Waals surface area contributed by atoms with E-state index in [0.717, 1.165) is 23.4 Å². The van der Waals surface area contributed by atoms with Crippen molar-refractivity contribution in [3.63, 3.8) is 0 Å². The summed E-state index contributed by atoms with van der Waals surface area (Å²) in [6.07, 6.45) is 3.68. The lowest BCUT2D eigenvalue weighted by Crippen LogP contribution is -2.22. The molecule has 1 aromatic carbocycles. The number of benzene rings is 1. The predicted molar refractivity (Wildman–Crippen MR) is 79.8 cm³/mol. The molecular weight excluding hydrogens is 250 g/mol. The van der Waals surface area contributed by atoms with Gasteiger partial charge in [-0.05, 0) is 49.7 Å². The van der Waals surface area contributed by atoms with Crippen LogP contribution in [0.2, 0.25) is 0 Å². The first-order valence-electron chi connectivity index (χ1n) is 6.97. The number of rotatable bonds is 6. The second-order valence-corrected chi connectivity index (χ2v) is 4.91. The Hall–Kier alpha value is -1.94. The lowest BCUT2D eigenvalue weighted by atomic mass is 10.0. The minimum absolute atomic E-state index is 0.103. The summed E-state index contributed by atoms with van der Waals surface area (Å²) in [5.74, 6) is 0.891. The number of ether oxygens (including phenoxy) is 1. The average molecular weight is 271 g/mol. The van der Waals surface area contributed by atoms with Crippen molar-refractivity contribution in [1.29, 1.82) is 0 Å². The molecule has 0 fully saturated rings. The number of hydrogen-bond acceptors (Lipinski definition) is 4. The number of hydrogen-bond donors (Lipinski definition) is 1. The highest BCUT2D eigenvalue weighted by Gasteiger charge is 2.14. The van der Waals surface area contributed by atoms with E-state index in [0.29, 0.717) is 0 Å². The van der Waals surface area contributed by atoms with Gasteiger partial charge in [-0.15, -0.1) is 0 Å². The van der Waals surface area contributed by atoms with Crippen LogP contribution in [0.1, 0.15) is 37.9 Å². The van der Waals surface area contributed by atoms with Gasteiger partial charge in [0.05, 0.1) is 18.3 Å². The molecule has 0 aliphatic heterocycles. The summed E-state index contributed by atoms with van der Waals surface area (Å²) in [4.78, 5) is 0. The Kier molecular flexibility index (Phi) is 5.07. The Labute approximate surface area is 120 Å². The van der Waals surface area contributed by atoms with Crippen LogP contribution in [0.5, 0.6) is 5.75 Å². The third kappa shape index (κ3) is 3.78. The SMILES string of the molecule is CCNC(c1ccnnc1)c1cccc(OC(C)C)c1. The highest BCUT2D eigenvalue weighted by molar-refractivity contribution is 5.35. The second kappa shape index (κ2) is 7.01. The van der Waals surface area contributed by atoms with Crippen molar-refractivity contribution in [2.45, 2.75) is 32.9 Å². The van der Waals surface area contributed by atoms with E-state index >= 15 is 0 Å². The first-order chi connectivity index (χ1) is 9.70. The van der Waals surface area contributed by atoms with Gasteiger partial charge < -0.3 is 10.1 Å². The van der Waals surface area contributed by atoms with E-state index < -0.39 is 0 Å². The van der Waals surface area contributed by atoms with Gasteiger partial charge in [-0.3, -0.25) is 0 Å². The molecule has 1 unspecified atom stereocenters. The topological polar surface area (TPSA) is 47.0 Å². The standard InChI is InChI=1S/C16H21N3O/c1-4-17-16(14-8-9-18-19-11-14)13-6-5-7-15(10-13)20-12(2)3/h5-12,16-17H,4H2,1-3H3. The van der Waals surface area contributed by atoms with Crippen LogP contribution in [0.3, 0.4) is 0 Å². The van der Waals surface area contributed by atoms with Gasteiger partial charge in [0.2, 0.25) is 0 Å². The van der Waals surface area contributed by atoms with E-state index in [1.165, 1.54) is 0 Å². The first-order valence-corrected chi connectivity index (χ1v) is 6.97. The van der Waals surface area contributed by atoms with Gasteiger partial charge in [-0.25, -0.2) is 0 Å². The van der Waals surface area contributed by atoms with E-state index in [4.69, 9.17) is 4.74 Å².